The number of likely N-dealkylation sites (N-methyl/N-ethyl adjacent to an activating group) is 1. The van der Waals surface area contributed by atoms with Gasteiger partial charge in [-0.15, -0.1) is 0 Å². The van der Waals surface area contributed by atoms with Gasteiger partial charge in [-0.2, -0.15) is 0 Å². The van der Waals surface area contributed by atoms with Crippen molar-refractivity contribution in [1.82, 2.24) is 14.7 Å². The second-order valence-electron chi connectivity index (χ2n) is 8.25. The standard InChI is InChI=1S/C25H29N3O3/c1-26-15-13-19(14-16-26)27(2)23-22(20-11-7-8-12-21(20)31-3)24(29)28(25(23)30)17-18-9-5-4-6-10-18/h4-12,19H,13-17H2,1-3H3. The molecule has 2 aliphatic rings. The molecular formula is C25H29N3O3. The molecule has 2 aromatic rings. The van der Waals surface area contributed by atoms with E-state index in [2.05, 4.69) is 11.9 Å². The number of likely N-dealkylation sites (tertiary alicyclic amines) is 1. The van der Waals surface area contributed by atoms with Gasteiger partial charge in [-0.25, -0.2) is 0 Å². The first kappa shape index (κ1) is 21.1. The van der Waals surface area contributed by atoms with Crippen LogP contribution in [0.2, 0.25) is 0 Å². The zero-order chi connectivity index (χ0) is 22.0. The van der Waals surface area contributed by atoms with Crippen LogP contribution < -0.4 is 4.74 Å². The third-order valence-corrected chi connectivity index (χ3v) is 6.29. The molecule has 2 amide bonds. The monoisotopic (exact) mass is 419 g/mol. The molecule has 0 spiro atoms. The van der Waals surface area contributed by atoms with E-state index in [9.17, 15) is 9.59 Å². The summed E-state index contributed by atoms with van der Waals surface area (Å²) in [6.07, 6.45) is 1.91. The molecule has 31 heavy (non-hydrogen) atoms. The summed E-state index contributed by atoms with van der Waals surface area (Å²) in [5.41, 5.74) is 2.49. The summed E-state index contributed by atoms with van der Waals surface area (Å²) < 4.78 is 5.54. The fraction of sp³-hybridized carbons (Fsp3) is 0.360. The first-order valence-electron chi connectivity index (χ1n) is 10.7. The Morgan fingerprint density at radius 2 is 1.61 bits per heavy atom. The highest BCUT2D eigenvalue weighted by atomic mass is 16.5. The minimum absolute atomic E-state index is 0.212. The van der Waals surface area contributed by atoms with Crippen LogP contribution in [0.15, 0.2) is 60.3 Å². The van der Waals surface area contributed by atoms with Gasteiger partial charge in [0, 0.05) is 18.7 Å². The Morgan fingerprint density at radius 3 is 2.29 bits per heavy atom. The molecule has 0 unspecified atom stereocenters. The highest BCUT2D eigenvalue weighted by Gasteiger charge is 2.43. The molecule has 0 radical (unpaired) electrons. The van der Waals surface area contributed by atoms with Crippen LogP contribution in [-0.4, -0.2) is 66.9 Å². The molecule has 0 atom stereocenters. The molecule has 4 rings (SSSR count). The van der Waals surface area contributed by atoms with Gasteiger partial charge >= 0.3 is 0 Å². The van der Waals surface area contributed by atoms with Gasteiger partial charge in [0.1, 0.15) is 11.4 Å². The number of imide groups is 1. The van der Waals surface area contributed by atoms with Crippen LogP contribution in [0, 0.1) is 0 Å². The third-order valence-electron chi connectivity index (χ3n) is 6.29. The normalized spacial score (nSPS) is 18.1. The Labute approximate surface area is 183 Å². The fourth-order valence-corrected chi connectivity index (χ4v) is 4.46. The summed E-state index contributed by atoms with van der Waals surface area (Å²) in [5, 5.41) is 0. The molecule has 6 nitrogen and oxygen atoms in total. The van der Waals surface area contributed by atoms with E-state index >= 15 is 0 Å². The molecule has 1 fully saturated rings. The molecular weight excluding hydrogens is 390 g/mol. The van der Waals surface area contributed by atoms with Gasteiger partial charge < -0.3 is 14.5 Å². The molecule has 0 saturated carbocycles. The number of nitrogens with zero attached hydrogens (tertiary/aromatic N) is 3. The Balaban J connectivity index is 1.75. The second-order valence-corrected chi connectivity index (χ2v) is 8.25. The van der Waals surface area contributed by atoms with E-state index in [-0.39, 0.29) is 24.4 Å². The summed E-state index contributed by atoms with van der Waals surface area (Å²) in [6, 6.07) is 17.3. The maximum atomic E-state index is 13.6. The van der Waals surface area contributed by atoms with E-state index < -0.39 is 0 Å². The molecule has 2 heterocycles. The van der Waals surface area contributed by atoms with Gasteiger partial charge in [-0.3, -0.25) is 14.5 Å². The number of methoxy groups -OCH3 is 1. The molecule has 1 saturated heterocycles. The van der Waals surface area contributed by atoms with Crippen LogP contribution in [0.25, 0.3) is 5.57 Å². The number of piperidine rings is 1. The largest absolute Gasteiger partial charge is 0.496 e. The highest BCUT2D eigenvalue weighted by molar-refractivity contribution is 6.35. The molecule has 2 aromatic carbocycles. The van der Waals surface area contributed by atoms with E-state index in [4.69, 9.17) is 4.74 Å². The Kier molecular flexibility index (Phi) is 6.09. The number of para-hydroxylation sites is 1. The summed E-state index contributed by atoms with van der Waals surface area (Å²) in [7, 11) is 5.64. The predicted molar refractivity (Wildman–Crippen MR) is 120 cm³/mol. The predicted octanol–water partition coefficient (Wildman–Crippen LogP) is 3.00. The SMILES string of the molecule is COc1ccccc1C1=C(N(C)C2CCN(C)CC2)C(=O)N(Cc2ccccc2)C1=O. The van der Waals surface area contributed by atoms with E-state index in [1.165, 1.54) is 4.90 Å². The van der Waals surface area contributed by atoms with Gasteiger partial charge in [-0.05, 0) is 44.6 Å². The maximum Gasteiger partial charge on any atom is 0.278 e. The quantitative estimate of drug-likeness (QED) is 0.674. The lowest BCUT2D eigenvalue weighted by molar-refractivity contribution is -0.138. The average Bonchev–Trinajstić information content (AvgIpc) is 3.04. The van der Waals surface area contributed by atoms with Crippen LogP contribution in [0.5, 0.6) is 5.75 Å². The van der Waals surface area contributed by atoms with Crippen molar-refractivity contribution in [3.8, 4) is 5.75 Å². The maximum absolute atomic E-state index is 13.6. The molecule has 0 aromatic heterocycles. The summed E-state index contributed by atoms with van der Waals surface area (Å²) >= 11 is 0. The topological polar surface area (TPSA) is 53.1 Å². The van der Waals surface area contributed by atoms with Crippen LogP contribution in [0.3, 0.4) is 0 Å². The molecule has 0 bridgehead atoms. The lowest BCUT2D eigenvalue weighted by Gasteiger charge is -2.36. The van der Waals surface area contributed by atoms with Crippen molar-refractivity contribution in [3.05, 3.63) is 71.4 Å². The number of hydrogen-bond donors (Lipinski definition) is 0. The van der Waals surface area contributed by atoms with Crippen molar-refractivity contribution in [1.29, 1.82) is 0 Å². The van der Waals surface area contributed by atoms with Crippen molar-refractivity contribution in [3.63, 3.8) is 0 Å². The first-order chi connectivity index (χ1) is 15.0. The van der Waals surface area contributed by atoms with E-state index in [0.29, 0.717) is 22.6 Å². The number of hydrogen-bond acceptors (Lipinski definition) is 5. The van der Waals surface area contributed by atoms with E-state index in [0.717, 1.165) is 31.5 Å². The number of carbonyl (C=O) groups excluding carboxylic acids is 2. The van der Waals surface area contributed by atoms with Crippen molar-refractivity contribution < 1.29 is 14.3 Å². The van der Waals surface area contributed by atoms with Crippen molar-refractivity contribution in [2.45, 2.75) is 25.4 Å². The number of ether oxygens (including phenoxy) is 1. The van der Waals surface area contributed by atoms with Gasteiger partial charge in [-0.1, -0.05) is 48.5 Å². The van der Waals surface area contributed by atoms with E-state index in [1.807, 2.05) is 66.5 Å². The van der Waals surface area contributed by atoms with Crippen molar-refractivity contribution >= 4 is 17.4 Å². The zero-order valence-electron chi connectivity index (χ0n) is 18.4. The number of rotatable bonds is 6. The van der Waals surface area contributed by atoms with E-state index in [1.54, 1.807) is 7.11 Å². The Bertz CT molecular complexity index is 994. The fourth-order valence-electron chi connectivity index (χ4n) is 4.46. The first-order valence-corrected chi connectivity index (χ1v) is 10.7. The van der Waals surface area contributed by atoms with Gasteiger partial charge in [0.2, 0.25) is 0 Å². The minimum Gasteiger partial charge on any atom is -0.496 e. The number of carbonyl (C=O) groups is 2. The minimum atomic E-state index is -0.270. The van der Waals surface area contributed by atoms with Crippen LogP contribution >= 0.6 is 0 Å². The third kappa shape index (κ3) is 4.08. The summed E-state index contributed by atoms with van der Waals surface area (Å²) in [4.78, 5) is 32.9. The smallest absolute Gasteiger partial charge is 0.278 e. The highest BCUT2D eigenvalue weighted by Crippen LogP contribution is 2.37. The second kappa shape index (κ2) is 8.94. The lowest BCUT2D eigenvalue weighted by Crippen LogP contribution is -2.43. The number of benzene rings is 2. The Morgan fingerprint density at radius 1 is 0.968 bits per heavy atom. The van der Waals surface area contributed by atoms with Gasteiger partial charge in [0.05, 0.1) is 19.2 Å². The Hall–Kier alpha value is -3.12. The lowest BCUT2D eigenvalue weighted by atomic mass is 9.99. The molecule has 6 heteroatoms. The van der Waals surface area contributed by atoms with Gasteiger partial charge in [0.15, 0.2) is 0 Å². The molecule has 2 aliphatic heterocycles. The van der Waals surface area contributed by atoms with Crippen LogP contribution in [-0.2, 0) is 16.1 Å². The summed E-state index contributed by atoms with van der Waals surface area (Å²) in [6.45, 7) is 2.20. The molecule has 162 valence electrons. The van der Waals surface area contributed by atoms with Gasteiger partial charge in [0.25, 0.3) is 11.8 Å². The van der Waals surface area contributed by atoms with Crippen molar-refractivity contribution in [2.75, 3.05) is 34.3 Å². The average molecular weight is 420 g/mol. The van der Waals surface area contributed by atoms with Crippen molar-refractivity contribution in [2.24, 2.45) is 0 Å². The zero-order valence-corrected chi connectivity index (χ0v) is 18.4. The van der Waals surface area contributed by atoms with Crippen LogP contribution in [0.4, 0.5) is 0 Å². The molecule has 0 aliphatic carbocycles. The number of amides is 2. The molecule has 0 N–H and O–H groups in total. The van der Waals surface area contributed by atoms with Crippen LogP contribution in [0.1, 0.15) is 24.0 Å². The summed E-state index contributed by atoms with van der Waals surface area (Å²) in [5.74, 6) is 0.0822.